The molecule has 0 aliphatic carbocycles. The van der Waals surface area contributed by atoms with Crippen molar-refractivity contribution in [3.05, 3.63) is 72.9 Å². The van der Waals surface area contributed by atoms with Crippen LogP contribution in [0.5, 0.6) is 0 Å². The number of hydrogen-bond acceptors (Lipinski definition) is 6. The molecule has 0 heterocycles. The van der Waals surface area contributed by atoms with Gasteiger partial charge in [-0.3, -0.25) is 14.4 Å². The van der Waals surface area contributed by atoms with Crippen LogP contribution in [0.3, 0.4) is 0 Å². The average Bonchev–Trinajstić information content (AvgIpc) is 3.45. The van der Waals surface area contributed by atoms with Crippen molar-refractivity contribution in [2.75, 3.05) is 13.2 Å². The van der Waals surface area contributed by atoms with Crippen LogP contribution < -0.4 is 0 Å². The van der Waals surface area contributed by atoms with Gasteiger partial charge in [0.1, 0.15) is 13.2 Å². The quantitative estimate of drug-likeness (QED) is 0.0261. The summed E-state index contributed by atoms with van der Waals surface area (Å²) in [7, 11) is 0. The second kappa shape index (κ2) is 67.4. The van der Waals surface area contributed by atoms with E-state index < -0.39 is 6.10 Å². The third-order valence-corrected chi connectivity index (χ3v) is 15.2. The molecule has 0 bridgehead atoms. The van der Waals surface area contributed by atoms with Crippen LogP contribution >= 0.6 is 0 Å². The normalized spacial score (nSPS) is 12.5. The Labute approximate surface area is 491 Å². The fraction of sp³-hybridized carbons (Fsp3) is 0.795. The largest absolute Gasteiger partial charge is 0.462 e. The van der Waals surface area contributed by atoms with Crippen molar-refractivity contribution in [1.29, 1.82) is 0 Å². The zero-order valence-corrected chi connectivity index (χ0v) is 52.6. The molecular formula is C73H130O6. The summed E-state index contributed by atoms with van der Waals surface area (Å²) in [6.07, 6.45) is 87.9. The third-order valence-electron chi connectivity index (χ3n) is 15.2. The van der Waals surface area contributed by atoms with Crippen LogP contribution in [0.25, 0.3) is 0 Å². The third kappa shape index (κ3) is 65.5. The number of carbonyl (C=O) groups excluding carboxylic acids is 3. The summed E-state index contributed by atoms with van der Waals surface area (Å²) in [6, 6.07) is 0. The number of carbonyl (C=O) groups is 3. The van der Waals surface area contributed by atoms with E-state index >= 15 is 0 Å². The summed E-state index contributed by atoms with van der Waals surface area (Å²) in [5.74, 6) is -0.907. The Hall–Kier alpha value is -3.15. The van der Waals surface area contributed by atoms with E-state index in [1.54, 1.807) is 0 Å². The van der Waals surface area contributed by atoms with Gasteiger partial charge in [-0.1, -0.05) is 318 Å². The fourth-order valence-corrected chi connectivity index (χ4v) is 10.1. The minimum Gasteiger partial charge on any atom is -0.462 e. The monoisotopic (exact) mass is 1100 g/mol. The molecule has 0 aliphatic rings. The molecule has 0 aromatic heterocycles. The lowest BCUT2D eigenvalue weighted by molar-refractivity contribution is -0.167. The van der Waals surface area contributed by atoms with Crippen LogP contribution in [-0.4, -0.2) is 37.2 Å². The van der Waals surface area contributed by atoms with Crippen molar-refractivity contribution in [2.24, 2.45) is 0 Å². The predicted octanol–water partition coefficient (Wildman–Crippen LogP) is 23.7. The number of unbranched alkanes of at least 4 members (excludes halogenated alkanes) is 40. The van der Waals surface area contributed by atoms with Gasteiger partial charge in [-0.25, -0.2) is 0 Å². The van der Waals surface area contributed by atoms with Crippen molar-refractivity contribution in [1.82, 2.24) is 0 Å². The first-order valence-electron chi connectivity index (χ1n) is 34.4. The topological polar surface area (TPSA) is 78.9 Å². The Morgan fingerprint density at radius 2 is 0.494 bits per heavy atom. The first kappa shape index (κ1) is 75.8. The van der Waals surface area contributed by atoms with Gasteiger partial charge in [0.05, 0.1) is 0 Å². The summed E-state index contributed by atoms with van der Waals surface area (Å²) in [4.78, 5) is 38.4. The Morgan fingerprint density at radius 3 is 0.797 bits per heavy atom. The summed E-state index contributed by atoms with van der Waals surface area (Å²) >= 11 is 0. The van der Waals surface area contributed by atoms with Crippen molar-refractivity contribution in [3.8, 4) is 0 Å². The van der Waals surface area contributed by atoms with E-state index in [1.807, 2.05) is 0 Å². The second-order valence-electron chi connectivity index (χ2n) is 23.1. The van der Waals surface area contributed by atoms with Crippen LogP contribution in [0.4, 0.5) is 0 Å². The Kier molecular flexibility index (Phi) is 64.7. The molecule has 1 unspecified atom stereocenters. The molecule has 0 amide bonds. The highest BCUT2D eigenvalue weighted by Gasteiger charge is 2.19. The maximum Gasteiger partial charge on any atom is 0.306 e. The molecule has 0 N–H and O–H groups in total. The van der Waals surface area contributed by atoms with Crippen LogP contribution in [0.15, 0.2) is 72.9 Å². The Balaban J connectivity index is 4.29. The number of esters is 3. The highest BCUT2D eigenvalue weighted by molar-refractivity contribution is 5.71. The first-order valence-corrected chi connectivity index (χ1v) is 34.4. The summed E-state index contributed by atoms with van der Waals surface area (Å²) in [5, 5.41) is 0. The number of rotatable bonds is 63. The molecule has 0 rings (SSSR count). The van der Waals surface area contributed by atoms with E-state index in [4.69, 9.17) is 14.2 Å². The van der Waals surface area contributed by atoms with Crippen molar-refractivity contribution >= 4 is 17.9 Å². The highest BCUT2D eigenvalue weighted by atomic mass is 16.6. The van der Waals surface area contributed by atoms with Crippen LogP contribution in [0.2, 0.25) is 0 Å². The van der Waals surface area contributed by atoms with Gasteiger partial charge >= 0.3 is 17.9 Å². The smallest absolute Gasteiger partial charge is 0.306 e. The summed E-state index contributed by atoms with van der Waals surface area (Å²) < 4.78 is 16.9. The van der Waals surface area contributed by atoms with Gasteiger partial charge < -0.3 is 14.2 Å². The number of allylic oxidation sites excluding steroid dienone is 12. The Morgan fingerprint density at radius 1 is 0.266 bits per heavy atom. The van der Waals surface area contributed by atoms with E-state index in [9.17, 15) is 14.4 Å². The van der Waals surface area contributed by atoms with Gasteiger partial charge in [-0.05, 0) is 89.9 Å². The van der Waals surface area contributed by atoms with Gasteiger partial charge in [0.15, 0.2) is 6.10 Å². The molecule has 0 aromatic carbocycles. The van der Waals surface area contributed by atoms with E-state index in [-0.39, 0.29) is 31.1 Å². The van der Waals surface area contributed by atoms with Crippen molar-refractivity contribution in [3.63, 3.8) is 0 Å². The van der Waals surface area contributed by atoms with Gasteiger partial charge in [-0.15, -0.1) is 0 Å². The molecule has 6 heteroatoms. The van der Waals surface area contributed by atoms with Gasteiger partial charge in [0.2, 0.25) is 0 Å². The van der Waals surface area contributed by atoms with E-state index in [1.165, 1.54) is 225 Å². The summed E-state index contributed by atoms with van der Waals surface area (Å²) in [6.45, 7) is 6.54. The highest BCUT2D eigenvalue weighted by Crippen LogP contribution is 2.18. The summed E-state index contributed by atoms with van der Waals surface area (Å²) in [5.41, 5.74) is 0. The molecule has 0 saturated carbocycles. The van der Waals surface area contributed by atoms with Crippen molar-refractivity contribution < 1.29 is 28.6 Å². The van der Waals surface area contributed by atoms with Crippen LogP contribution in [0.1, 0.15) is 355 Å². The molecule has 0 fully saturated rings. The zero-order chi connectivity index (χ0) is 57.1. The minimum absolute atomic E-state index is 0.0848. The van der Waals surface area contributed by atoms with E-state index in [0.717, 1.165) is 89.9 Å². The molecule has 0 radical (unpaired) electrons. The lowest BCUT2D eigenvalue weighted by Crippen LogP contribution is -2.30. The molecule has 0 aliphatic heterocycles. The maximum atomic E-state index is 12.9. The second-order valence-corrected chi connectivity index (χ2v) is 23.1. The molecule has 0 spiro atoms. The standard InChI is InChI=1S/C73H130O6/c1-4-7-10-13-16-19-22-25-28-30-32-33-34-35-36-37-38-39-41-42-45-48-51-54-57-60-63-66-72(75)78-69-70(68-77-71(74)65-62-59-56-53-50-47-44-27-24-21-18-15-12-9-6-3)79-73(76)67-64-61-58-55-52-49-46-43-40-31-29-26-23-20-17-14-11-8-5-2/h9,12,18,21-22,25,27,30,32,44,50,53,70H,4-8,10-11,13-17,19-20,23-24,26,28-29,31,33-43,45-49,51-52,54-69H2,1-3H3/b12-9-,21-18-,25-22-,32-30-,44-27-,53-50-. The lowest BCUT2D eigenvalue weighted by Gasteiger charge is -2.18. The van der Waals surface area contributed by atoms with E-state index in [2.05, 4.69) is 93.7 Å². The molecule has 1 atom stereocenters. The van der Waals surface area contributed by atoms with Crippen LogP contribution in [-0.2, 0) is 28.6 Å². The van der Waals surface area contributed by atoms with Gasteiger partial charge in [-0.2, -0.15) is 0 Å². The van der Waals surface area contributed by atoms with Gasteiger partial charge in [0.25, 0.3) is 0 Å². The fourth-order valence-electron chi connectivity index (χ4n) is 10.1. The number of ether oxygens (including phenoxy) is 3. The first-order chi connectivity index (χ1) is 39.0. The zero-order valence-electron chi connectivity index (χ0n) is 52.6. The molecule has 0 aromatic rings. The molecule has 0 saturated heterocycles. The molecule has 79 heavy (non-hydrogen) atoms. The van der Waals surface area contributed by atoms with Gasteiger partial charge in [0, 0.05) is 19.3 Å². The molecule has 6 nitrogen and oxygen atoms in total. The Bertz CT molecular complexity index is 1450. The minimum atomic E-state index is -0.792. The lowest BCUT2D eigenvalue weighted by atomic mass is 10.0. The SMILES string of the molecule is CC/C=C\C/C=C\C/C=C\C/C=C\CCCCC(=O)OCC(COC(=O)CCCCCCCCCCCCCCCCC/C=C\C/C=C\CCCCCCC)OC(=O)CCCCCCCCCCCCCCCCCCCCC. The van der Waals surface area contributed by atoms with Crippen molar-refractivity contribution in [2.45, 2.75) is 361 Å². The molecular weight excluding hydrogens is 973 g/mol. The predicted molar refractivity (Wildman–Crippen MR) is 344 cm³/mol. The van der Waals surface area contributed by atoms with E-state index in [0.29, 0.717) is 19.3 Å². The van der Waals surface area contributed by atoms with Crippen LogP contribution in [0, 0.1) is 0 Å². The molecule has 458 valence electrons. The maximum absolute atomic E-state index is 12.9. The number of hydrogen-bond donors (Lipinski definition) is 0. The average molecular weight is 1100 g/mol.